The molecule has 2 heterocycles. The highest BCUT2D eigenvalue weighted by Crippen LogP contribution is 2.16. The van der Waals surface area contributed by atoms with Gasteiger partial charge in [0.1, 0.15) is 5.82 Å². The number of hydrogen-bond donors (Lipinski definition) is 0. The van der Waals surface area contributed by atoms with Crippen molar-refractivity contribution in [1.29, 1.82) is 0 Å². The van der Waals surface area contributed by atoms with Crippen LogP contribution >= 0.6 is 10.7 Å². The second-order valence-corrected chi connectivity index (χ2v) is 7.31. The quantitative estimate of drug-likeness (QED) is 0.793. The van der Waals surface area contributed by atoms with Crippen LogP contribution in [0.4, 0.5) is 0 Å². The van der Waals surface area contributed by atoms with E-state index in [4.69, 9.17) is 10.7 Å². The molecular formula is C12H17ClN4O2S. The fourth-order valence-corrected chi connectivity index (χ4v) is 2.58. The van der Waals surface area contributed by atoms with Gasteiger partial charge in [0.15, 0.2) is 5.03 Å². The van der Waals surface area contributed by atoms with Gasteiger partial charge in [-0.1, -0.05) is 6.92 Å². The standard InChI is InChI=1S/C12H17ClN4O2S/c1-4-11-14-12(20(13,18)19)8-16(11)7-10-5-6-17(15-10)9(2)3/h5-6,8-9H,4,7H2,1-3H3. The van der Waals surface area contributed by atoms with Crippen molar-refractivity contribution in [2.24, 2.45) is 0 Å². The highest BCUT2D eigenvalue weighted by molar-refractivity contribution is 8.13. The van der Waals surface area contributed by atoms with Crippen molar-refractivity contribution < 1.29 is 8.42 Å². The minimum absolute atomic E-state index is 0.112. The van der Waals surface area contributed by atoms with Crippen molar-refractivity contribution in [3.63, 3.8) is 0 Å². The summed E-state index contributed by atoms with van der Waals surface area (Å²) in [5, 5.41) is 4.33. The van der Waals surface area contributed by atoms with Gasteiger partial charge in [-0.25, -0.2) is 13.4 Å². The Hall–Kier alpha value is -1.34. The van der Waals surface area contributed by atoms with Gasteiger partial charge in [0.05, 0.1) is 12.2 Å². The summed E-state index contributed by atoms with van der Waals surface area (Å²) in [6.07, 6.45) is 3.98. The normalized spacial score (nSPS) is 12.2. The lowest BCUT2D eigenvalue weighted by Gasteiger charge is -2.05. The van der Waals surface area contributed by atoms with Crippen LogP contribution in [0.3, 0.4) is 0 Å². The van der Waals surface area contributed by atoms with Gasteiger partial charge < -0.3 is 4.57 Å². The Bertz CT molecular complexity index is 703. The molecule has 2 aromatic rings. The number of nitrogens with zero attached hydrogens (tertiary/aromatic N) is 4. The van der Waals surface area contributed by atoms with Crippen LogP contribution in [0.2, 0.25) is 0 Å². The Morgan fingerprint density at radius 2 is 2.10 bits per heavy atom. The summed E-state index contributed by atoms with van der Waals surface area (Å²) in [5.74, 6) is 0.670. The zero-order valence-corrected chi connectivity index (χ0v) is 13.2. The van der Waals surface area contributed by atoms with Gasteiger partial charge in [-0.05, 0) is 19.9 Å². The number of aromatic nitrogens is 4. The van der Waals surface area contributed by atoms with E-state index in [2.05, 4.69) is 10.1 Å². The number of rotatable bonds is 5. The summed E-state index contributed by atoms with van der Waals surface area (Å²) in [6.45, 7) is 6.48. The molecule has 0 aliphatic heterocycles. The van der Waals surface area contributed by atoms with E-state index in [1.54, 1.807) is 4.57 Å². The van der Waals surface area contributed by atoms with Crippen molar-refractivity contribution in [2.75, 3.05) is 0 Å². The minimum Gasteiger partial charge on any atom is -0.327 e. The lowest BCUT2D eigenvalue weighted by Crippen LogP contribution is -2.06. The highest BCUT2D eigenvalue weighted by Gasteiger charge is 2.17. The Labute approximate surface area is 122 Å². The molecular weight excluding hydrogens is 300 g/mol. The van der Waals surface area contributed by atoms with Crippen LogP contribution in [0.1, 0.15) is 38.3 Å². The molecule has 110 valence electrons. The molecule has 0 aliphatic rings. The van der Waals surface area contributed by atoms with E-state index in [1.165, 1.54) is 6.20 Å². The molecule has 0 bridgehead atoms. The van der Waals surface area contributed by atoms with Crippen molar-refractivity contribution in [2.45, 2.75) is 44.8 Å². The first-order chi connectivity index (χ1) is 9.31. The van der Waals surface area contributed by atoms with Crippen molar-refractivity contribution in [3.8, 4) is 0 Å². The van der Waals surface area contributed by atoms with Gasteiger partial charge in [-0.3, -0.25) is 4.68 Å². The van der Waals surface area contributed by atoms with Gasteiger partial charge >= 0.3 is 0 Å². The lowest BCUT2D eigenvalue weighted by atomic mass is 10.4. The van der Waals surface area contributed by atoms with E-state index >= 15 is 0 Å². The third-order valence-corrected chi connectivity index (χ3v) is 4.10. The van der Waals surface area contributed by atoms with Crippen LogP contribution in [0.5, 0.6) is 0 Å². The molecule has 0 amide bonds. The van der Waals surface area contributed by atoms with E-state index in [0.717, 1.165) is 5.69 Å². The van der Waals surface area contributed by atoms with E-state index in [9.17, 15) is 8.42 Å². The fraction of sp³-hybridized carbons (Fsp3) is 0.500. The molecule has 2 rings (SSSR count). The SMILES string of the molecule is CCc1nc(S(=O)(=O)Cl)cn1Cc1ccn(C(C)C)n1. The molecule has 20 heavy (non-hydrogen) atoms. The molecule has 0 unspecified atom stereocenters. The molecule has 6 nitrogen and oxygen atoms in total. The maximum absolute atomic E-state index is 11.3. The van der Waals surface area contributed by atoms with Crippen molar-refractivity contribution in [1.82, 2.24) is 19.3 Å². The van der Waals surface area contributed by atoms with E-state index in [0.29, 0.717) is 18.8 Å². The minimum atomic E-state index is -3.80. The summed E-state index contributed by atoms with van der Waals surface area (Å²) < 4.78 is 26.3. The van der Waals surface area contributed by atoms with Crippen LogP contribution in [-0.4, -0.2) is 27.7 Å². The van der Waals surface area contributed by atoms with Gasteiger partial charge in [0.25, 0.3) is 9.05 Å². The number of aryl methyl sites for hydroxylation is 1. The third-order valence-electron chi connectivity index (χ3n) is 2.93. The predicted octanol–water partition coefficient (Wildman–Crippen LogP) is 2.20. The van der Waals surface area contributed by atoms with E-state index in [1.807, 2.05) is 37.7 Å². The molecule has 0 N–H and O–H groups in total. The van der Waals surface area contributed by atoms with Crippen molar-refractivity contribution in [3.05, 3.63) is 30.0 Å². The van der Waals surface area contributed by atoms with Crippen molar-refractivity contribution >= 4 is 19.7 Å². The maximum atomic E-state index is 11.3. The fourth-order valence-electron chi connectivity index (χ4n) is 1.89. The van der Waals surface area contributed by atoms with Crippen LogP contribution in [0.15, 0.2) is 23.5 Å². The number of halogens is 1. The van der Waals surface area contributed by atoms with Crippen LogP contribution in [-0.2, 0) is 22.0 Å². The van der Waals surface area contributed by atoms with E-state index < -0.39 is 9.05 Å². The summed E-state index contributed by atoms with van der Waals surface area (Å²) in [5.41, 5.74) is 0.851. The highest BCUT2D eigenvalue weighted by atomic mass is 35.7. The topological polar surface area (TPSA) is 69.8 Å². The zero-order chi connectivity index (χ0) is 14.9. The first-order valence-corrected chi connectivity index (χ1v) is 8.67. The summed E-state index contributed by atoms with van der Waals surface area (Å²) in [6, 6.07) is 2.20. The average Bonchev–Trinajstić information content (AvgIpc) is 2.95. The molecule has 0 atom stereocenters. The number of hydrogen-bond acceptors (Lipinski definition) is 4. The molecule has 2 aromatic heterocycles. The Morgan fingerprint density at radius 3 is 2.60 bits per heavy atom. The summed E-state index contributed by atoms with van der Waals surface area (Å²) in [4.78, 5) is 4.05. The average molecular weight is 317 g/mol. The third kappa shape index (κ3) is 3.21. The molecule has 0 fully saturated rings. The zero-order valence-electron chi connectivity index (χ0n) is 11.6. The largest absolute Gasteiger partial charge is 0.327 e. The van der Waals surface area contributed by atoms with Crippen LogP contribution in [0, 0.1) is 0 Å². The smallest absolute Gasteiger partial charge is 0.280 e. The monoisotopic (exact) mass is 316 g/mol. The lowest BCUT2D eigenvalue weighted by molar-refractivity contribution is 0.523. The first-order valence-electron chi connectivity index (χ1n) is 6.36. The Morgan fingerprint density at radius 1 is 1.40 bits per heavy atom. The molecule has 0 saturated carbocycles. The van der Waals surface area contributed by atoms with E-state index in [-0.39, 0.29) is 11.1 Å². The molecule has 0 aromatic carbocycles. The molecule has 0 spiro atoms. The van der Waals surface area contributed by atoms with Gasteiger partial charge in [0.2, 0.25) is 0 Å². The Kier molecular flexibility index (Phi) is 4.19. The van der Waals surface area contributed by atoms with Crippen LogP contribution in [0.25, 0.3) is 0 Å². The van der Waals surface area contributed by atoms with Crippen LogP contribution < -0.4 is 0 Å². The maximum Gasteiger partial charge on any atom is 0.280 e. The summed E-state index contributed by atoms with van der Waals surface area (Å²) in [7, 11) is 1.53. The Balaban J connectivity index is 2.30. The van der Waals surface area contributed by atoms with Gasteiger partial charge in [-0.15, -0.1) is 0 Å². The molecule has 0 radical (unpaired) electrons. The molecule has 0 saturated heterocycles. The summed E-state index contributed by atoms with van der Waals surface area (Å²) >= 11 is 0. The van der Waals surface area contributed by atoms with Gasteiger partial charge in [-0.2, -0.15) is 5.10 Å². The second-order valence-electron chi connectivity index (χ2n) is 4.80. The molecule has 0 aliphatic carbocycles. The van der Waals surface area contributed by atoms with Gasteiger partial charge in [0, 0.05) is 35.5 Å². The molecule has 8 heteroatoms. The predicted molar refractivity (Wildman–Crippen MR) is 76.4 cm³/mol. The first kappa shape index (κ1) is 15.1. The number of imidazole rings is 1. The second kappa shape index (κ2) is 5.57.